The van der Waals surface area contributed by atoms with Crippen LogP contribution in [-0.4, -0.2) is 9.97 Å². The average Bonchev–Trinajstić information content (AvgIpc) is 3.22. The summed E-state index contributed by atoms with van der Waals surface area (Å²) in [5.41, 5.74) is 4.28. The van der Waals surface area contributed by atoms with Crippen LogP contribution in [0.5, 0.6) is 0 Å². The Morgan fingerprint density at radius 3 is 1.97 bits per heavy atom. The highest BCUT2D eigenvalue weighted by molar-refractivity contribution is 7.21. The molecule has 140 valence electrons. The largest absolute Gasteiger partial charge is 0.356 e. The number of nitrogens with one attached hydrogen (secondary N) is 2. The third kappa shape index (κ3) is 3.81. The second-order valence-corrected chi connectivity index (χ2v) is 7.64. The summed E-state index contributed by atoms with van der Waals surface area (Å²) in [4.78, 5) is 11.1. The molecule has 2 heterocycles. The third-order valence-electron chi connectivity index (χ3n) is 4.60. The predicted octanol–water partition coefficient (Wildman–Crippen LogP) is 6.85. The molecule has 2 N–H and O–H groups in total. The molecule has 0 radical (unpaired) electrons. The molecule has 29 heavy (non-hydrogen) atoms. The summed E-state index contributed by atoms with van der Waals surface area (Å²) in [6.07, 6.45) is 1.61. The van der Waals surface area contributed by atoms with E-state index in [4.69, 9.17) is 0 Å². The van der Waals surface area contributed by atoms with E-state index in [9.17, 15) is 0 Å². The maximum atomic E-state index is 4.47. The van der Waals surface area contributed by atoms with E-state index in [1.54, 1.807) is 17.7 Å². The molecule has 0 atom stereocenters. The van der Waals surface area contributed by atoms with Crippen molar-refractivity contribution in [3.05, 3.63) is 97.3 Å². The Labute approximate surface area is 172 Å². The third-order valence-corrected chi connectivity index (χ3v) is 5.69. The molecule has 0 aliphatic carbocycles. The number of nitrogens with zero attached hydrogens (tertiary/aromatic N) is 2. The summed E-state index contributed by atoms with van der Waals surface area (Å²) in [5, 5.41) is 7.86. The first kappa shape index (κ1) is 17.4. The number of rotatable bonds is 5. The highest BCUT2D eigenvalue weighted by Crippen LogP contribution is 2.35. The van der Waals surface area contributed by atoms with Crippen molar-refractivity contribution >= 4 is 44.4 Å². The van der Waals surface area contributed by atoms with E-state index in [2.05, 4.69) is 63.1 Å². The molecule has 0 aliphatic rings. The van der Waals surface area contributed by atoms with E-state index < -0.39 is 0 Å². The molecular formula is C24H18N4S. The van der Waals surface area contributed by atoms with Crippen molar-refractivity contribution in [2.75, 3.05) is 10.6 Å². The maximum absolute atomic E-state index is 4.47. The molecular weight excluding hydrogens is 376 g/mol. The smallest absolute Gasteiger partial charge is 0.142 e. The zero-order chi connectivity index (χ0) is 19.5. The molecule has 0 saturated carbocycles. The average molecular weight is 395 g/mol. The van der Waals surface area contributed by atoms with Crippen molar-refractivity contribution in [1.82, 2.24) is 9.97 Å². The van der Waals surface area contributed by atoms with Gasteiger partial charge in [-0.25, -0.2) is 9.97 Å². The Morgan fingerprint density at radius 2 is 1.24 bits per heavy atom. The first-order chi connectivity index (χ1) is 14.3. The Kier molecular flexibility index (Phi) is 4.64. The van der Waals surface area contributed by atoms with Crippen molar-refractivity contribution in [1.29, 1.82) is 0 Å². The lowest BCUT2D eigenvalue weighted by atomic mass is 10.2. The topological polar surface area (TPSA) is 49.8 Å². The molecule has 0 amide bonds. The highest BCUT2D eigenvalue weighted by atomic mass is 32.1. The van der Waals surface area contributed by atoms with Gasteiger partial charge in [0.15, 0.2) is 0 Å². The van der Waals surface area contributed by atoms with Gasteiger partial charge in [-0.1, -0.05) is 48.5 Å². The number of fused-ring (bicyclic) bond motifs is 1. The number of para-hydroxylation sites is 1. The van der Waals surface area contributed by atoms with Crippen LogP contribution in [0.2, 0.25) is 0 Å². The molecule has 3 aromatic carbocycles. The maximum Gasteiger partial charge on any atom is 0.142 e. The highest BCUT2D eigenvalue weighted by Gasteiger charge is 2.10. The molecule has 4 nitrogen and oxygen atoms in total. The molecule has 0 saturated heterocycles. The second-order valence-electron chi connectivity index (χ2n) is 6.61. The van der Waals surface area contributed by atoms with Crippen LogP contribution in [0, 0.1) is 0 Å². The van der Waals surface area contributed by atoms with E-state index in [0.29, 0.717) is 0 Å². The van der Waals surface area contributed by atoms with Crippen molar-refractivity contribution in [2.45, 2.75) is 0 Å². The molecule has 5 rings (SSSR count). The number of aromatic nitrogens is 2. The Bertz CT molecular complexity index is 1230. The molecule has 5 aromatic rings. The summed E-state index contributed by atoms with van der Waals surface area (Å²) in [5.74, 6) is 0.817. The zero-order valence-corrected chi connectivity index (χ0v) is 16.4. The fourth-order valence-corrected chi connectivity index (χ4v) is 4.17. The number of hydrogen-bond donors (Lipinski definition) is 2. The van der Waals surface area contributed by atoms with Gasteiger partial charge >= 0.3 is 0 Å². The van der Waals surface area contributed by atoms with Crippen LogP contribution in [0.4, 0.5) is 22.9 Å². The standard InChI is InChI=1S/C24H18N4S/c1-3-7-17(8-4-1)22-15-21-23(25-16-26-24(21)29-22)28-20-13-11-19(12-14-20)27-18-9-5-2-6-10-18/h1-16,27H,(H,25,26,28). The number of benzene rings is 3. The second kappa shape index (κ2) is 7.73. The van der Waals surface area contributed by atoms with E-state index in [-0.39, 0.29) is 0 Å². The van der Waals surface area contributed by atoms with Crippen LogP contribution in [0.15, 0.2) is 97.3 Å². The van der Waals surface area contributed by atoms with Crippen LogP contribution < -0.4 is 10.6 Å². The van der Waals surface area contributed by atoms with Crippen LogP contribution >= 0.6 is 11.3 Å². The molecule has 0 bridgehead atoms. The molecule has 0 unspecified atom stereocenters. The van der Waals surface area contributed by atoms with E-state index in [1.165, 1.54) is 10.4 Å². The summed E-state index contributed by atoms with van der Waals surface area (Å²) in [6.45, 7) is 0. The molecule has 0 aliphatic heterocycles. The summed E-state index contributed by atoms with van der Waals surface area (Å²) in [7, 11) is 0. The number of thiophene rings is 1. The van der Waals surface area contributed by atoms with Gasteiger partial charge in [0.1, 0.15) is 17.0 Å². The van der Waals surface area contributed by atoms with Crippen molar-refractivity contribution in [3.8, 4) is 10.4 Å². The molecule has 5 heteroatoms. The minimum Gasteiger partial charge on any atom is -0.356 e. The molecule has 0 spiro atoms. The van der Waals surface area contributed by atoms with Crippen molar-refractivity contribution in [3.63, 3.8) is 0 Å². The van der Waals surface area contributed by atoms with Gasteiger partial charge in [-0.05, 0) is 48.0 Å². The molecule has 0 fully saturated rings. The summed E-state index contributed by atoms with van der Waals surface area (Å²) >= 11 is 1.68. The fraction of sp³-hybridized carbons (Fsp3) is 0. The van der Waals surface area contributed by atoms with Crippen LogP contribution in [-0.2, 0) is 0 Å². The van der Waals surface area contributed by atoms with Crippen molar-refractivity contribution in [2.24, 2.45) is 0 Å². The summed E-state index contributed by atoms with van der Waals surface area (Å²) in [6, 6.07) is 30.8. The Balaban J connectivity index is 1.39. The molecule has 2 aromatic heterocycles. The van der Waals surface area contributed by atoms with Gasteiger partial charge in [0.05, 0.1) is 5.39 Å². The minimum atomic E-state index is 0.817. The fourth-order valence-electron chi connectivity index (χ4n) is 3.16. The van der Waals surface area contributed by atoms with E-state index >= 15 is 0 Å². The summed E-state index contributed by atoms with van der Waals surface area (Å²) < 4.78 is 0. The van der Waals surface area contributed by atoms with Gasteiger partial charge in [0.2, 0.25) is 0 Å². The van der Waals surface area contributed by atoms with Gasteiger partial charge in [-0.15, -0.1) is 11.3 Å². The van der Waals surface area contributed by atoms with Gasteiger partial charge < -0.3 is 10.6 Å². The first-order valence-corrected chi connectivity index (χ1v) is 10.2. The SMILES string of the molecule is c1ccc(Nc2ccc(Nc3ncnc4sc(-c5ccccc5)cc34)cc2)cc1. The van der Waals surface area contributed by atoms with Gasteiger partial charge in [-0.3, -0.25) is 0 Å². The Morgan fingerprint density at radius 1 is 0.621 bits per heavy atom. The monoisotopic (exact) mass is 394 g/mol. The van der Waals surface area contributed by atoms with Gasteiger partial charge in [0.25, 0.3) is 0 Å². The predicted molar refractivity (Wildman–Crippen MR) is 122 cm³/mol. The Hall–Kier alpha value is -3.70. The lowest BCUT2D eigenvalue weighted by Crippen LogP contribution is -1.95. The van der Waals surface area contributed by atoms with E-state index in [1.807, 2.05) is 48.5 Å². The normalized spacial score (nSPS) is 10.8. The lowest BCUT2D eigenvalue weighted by Gasteiger charge is -2.09. The van der Waals surface area contributed by atoms with Crippen LogP contribution in [0.25, 0.3) is 20.7 Å². The van der Waals surface area contributed by atoms with Gasteiger partial charge in [0, 0.05) is 21.9 Å². The number of anilines is 4. The first-order valence-electron chi connectivity index (χ1n) is 9.34. The van der Waals surface area contributed by atoms with E-state index in [0.717, 1.165) is 33.1 Å². The quantitative estimate of drug-likeness (QED) is 0.342. The number of hydrogen-bond acceptors (Lipinski definition) is 5. The van der Waals surface area contributed by atoms with Crippen LogP contribution in [0.1, 0.15) is 0 Å². The zero-order valence-electron chi connectivity index (χ0n) is 15.5. The lowest BCUT2D eigenvalue weighted by molar-refractivity contribution is 1.23. The van der Waals surface area contributed by atoms with Crippen LogP contribution in [0.3, 0.4) is 0 Å². The van der Waals surface area contributed by atoms with Gasteiger partial charge in [-0.2, -0.15) is 0 Å². The van der Waals surface area contributed by atoms with Crippen molar-refractivity contribution < 1.29 is 0 Å². The minimum absolute atomic E-state index is 0.817.